The molecule has 1 amide bonds. The molecule has 27 heavy (non-hydrogen) atoms. The fraction of sp³-hybridized carbons (Fsp3) is 0.435. The van der Waals surface area contributed by atoms with Crippen molar-refractivity contribution in [3.05, 3.63) is 59.7 Å². The monoisotopic (exact) mass is 365 g/mol. The quantitative estimate of drug-likeness (QED) is 0.787. The van der Waals surface area contributed by atoms with Crippen LogP contribution in [0.25, 0.3) is 0 Å². The summed E-state index contributed by atoms with van der Waals surface area (Å²) in [5.41, 5.74) is 2.30. The molecule has 0 aromatic heterocycles. The number of rotatable bonds is 5. The van der Waals surface area contributed by atoms with Crippen molar-refractivity contribution < 1.29 is 14.3 Å². The van der Waals surface area contributed by atoms with E-state index in [9.17, 15) is 4.79 Å². The molecule has 4 heteroatoms. The van der Waals surface area contributed by atoms with E-state index in [1.807, 2.05) is 36.9 Å². The Morgan fingerprint density at radius 2 is 1.89 bits per heavy atom. The zero-order valence-corrected chi connectivity index (χ0v) is 16.3. The summed E-state index contributed by atoms with van der Waals surface area (Å²) in [6, 6.07) is 16.6. The molecule has 4 nitrogen and oxygen atoms in total. The van der Waals surface area contributed by atoms with Gasteiger partial charge in [-0.05, 0) is 50.8 Å². The van der Waals surface area contributed by atoms with Crippen LogP contribution in [0.4, 0.5) is 0 Å². The maximum Gasteiger partial charge on any atom is 0.257 e. The van der Waals surface area contributed by atoms with E-state index >= 15 is 0 Å². The number of hydrogen-bond acceptors (Lipinski definition) is 3. The maximum atomic E-state index is 13.2. The van der Waals surface area contributed by atoms with E-state index in [1.165, 1.54) is 5.56 Å². The van der Waals surface area contributed by atoms with Crippen molar-refractivity contribution in [1.82, 2.24) is 4.90 Å². The Bertz CT molecular complexity index is 819. The molecule has 2 saturated heterocycles. The number of fused-ring (bicyclic) bond motifs is 2. The van der Waals surface area contributed by atoms with Crippen molar-refractivity contribution in [3.63, 3.8) is 0 Å². The summed E-state index contributed by atoms with van der Waals surface area (Å²) in [4.78, 5) is 15.2. The van der Waals surface area contributed by atoms with E-state index in [4.69, 9.17) is 9.47 Å². The minimum absolute atomic E-state index is 0.0642. The molecule has 0 N–H and O–H groups in total. The predicted octanol–water partition coefficient (Wildman–Crippen LogP) is 4.43. The third kappa shape index (κ3) is 3.18. The van der Waals surface area contributed by atoms with Crippen LogP contribution in [-0.4, -0.2) is 36.6 Å². The highest BCUT2D eigenvalue weighted by Crippen LogP contribution is 2.52. The second-order valence-electron chi connectivity index (χ2n) is 7.99. The van der Waals surface area contributed by atoms with Gasteiger partial charge in [-0.15, -0.1) is 0 Å². The Morgan fingerprint density at radius 1 is 1.15 bits per heavy atom. The van der Waals surface area contributed by atoms with Crippen molar-refractivity contribution in [3.8, 4) is 11.5 Å². The van der Waals surface area contributed by atoms with Crippen molar-refractivity contribution in [2.45, 2.75) is 50.7 Å². The molecule has 0 unspecified atom stereocenters. The van der Waals surface area contributed by atoms with Gasteiger partial charge in [-0.2, -0.15) is 0 Å². The Balaban J connectivity index is 1.50. The van der Waals surface area contributed by atoms with E-state index in [0.717, 1.165) is 31.6 Å². The molecule has 2 aromatic carbocycles. The third-order valence-electron chi connectivity index (χ3n) is 5.95. The lowest BCUT2D eigenvalue weighted by Crippen LogP contribution is -2.61. The lowest BCUT2D eigenvalue weighted by atomic mass is 9.57. The highest BCUT2D eigenvalue weighted by Gasteiger charge is 2.52. The normalized spacial score (nSPS) is 23.7. The minimum Gasteiger partial charge on any atom is -0.496 e. The molecule has 3 fully saturated rings. The molecule has 2 heterocycles. The lowest BCUT2D eigenvalue weighted by molar-refractivity contribution is -0.00449. The van der Waals surface area contributed by atoms with Crippen molar-refractivity contribution in [2.75, 3.05) is 13.7 Å². The van der Waals surface area contributed by atoms with Crippen LogP contribution in [-0.2, 0) is 5.41 Å². The SMILES string of the molecule is COc1cc(OC(C)C)ccc1C(=O)N1CCC2(c3ccccc3)CC1C2. The summed E-state index contributed by atoms with van der Waals surface area (Å²) in [6.45, 7) is 4.76. The van der Waals surface area contributed by atoms with Crippen LogP contribution in [0.15, 0.2) is 48.5 Å². The van der Waals surface area contributed by atoms with E-state index in [-0.39, 0.29) is 17.4 Å². The molecule has 2 bridgehead atoms. The lowest BCUT2D eigenvalue weighted by Gasteiger charge is -2.58. The largest absolute Gasteiger partial charge is 0.496 e. The Morgan fingerprint density at radius 3 is 2.48 bits per heavy atom. The highest BCUT2D eigenvalue weighted by atomic mass is 16.5. The number of carbonyl (C=O) groups excluding carboxylic acids is 1. The standard InChI is InChI=1S/C23H27NO3/c1-16(2)27-19-9-10-20(21(13-19)26-3)22(25)24-12-11-23(14-18(24)15-23)17-7-5-4-6-8-17/h4-10,13,16,18H,11-12,14-15H2,1-3H3. The van der Waals surface area contributed by atoms with Crippen LogP contribution < -0.4 is 9.47 Å². The zero-order valence-electron chi connectivity index (χ0n) is 16.3. The first-order chi connectivity index (χ1) is 13.0. The van der Waals surface area contributed by atoms with Crippen LogP contribution in [0, 0.1) is 0 Å². The number of hydrogen-bond donors (Lipinski definition) is 0. The minimum atomic E-state index is 0.0642. The highest BCUT2D eigenvalue weighted by molar-refractivity contribution is 5.97. The molecule has 5 rings (SSSR count). The van der Waals surface area contributed by atoms with Crippen LogP contribution in [0.1, 0.15) is 49.0 Å². The van der Waals surface area contributed by atoms with Crippen LogP contribution >= 0.6 is 0 Å². The third-order valence-corrected chi connectivity index (χ3v) is 5.95. The molecule has 0 spiro atoms. The van der Waals surface area contributed by atoms with Gasteiger partial charge in [-0.3, -0.25) is 4.79 Å². The van der Waals surface area contributed by atoms with E-state index in [0.29, 0.717) is 17.4 Å². The van der Waals surface area contributed by atoms with Gasteiger partial charge in [-0.1, -0.05) is 30.3 Å². The first-order valence-electron chi connectivity index (χ1n) is 9.73. The number of nitrogens with zero attached hydrogens (tertiary/aromatic N) is 1. The van der Waals surface area contributed by atoms with Gasteiger partial charge >= 0.3 is 0 Å². The number of piperidine rings is 2. The molecular weight excluding hydrogens is 338 g/mol. The average molecular weight is 365 g/mol. The van der Waals surface area contributed by atoms with Crippen LogP contribution in [0.2, 0.25) is 0 Å². The van der Waals surface area contributed by atoms with Crippen LogP contribution in [0.3, 0.4) is 0 Å². The van der Waals surface area contributed by atoms with Gasteiger partial charge in [0.05, 0.1) is 18.8 Å². The molecule has 2 aromatic rings. The number of amides is 1. The van der Waals surface area contributed by atoms with Gasteiger partial charge in [0.2, 0.25) is 0 Å². The van der Waals surface area contributed by atoms with Gasteiger partial charge in [0.15, 0.2) is 0 Å². The number of benzene rings is 2. The summed E-state index contributed by atoms with van der Waals surface area (Å²) in [6.07, 6.45) is 3.22. The smallest absolute Gasteiger partial charge is 0.257 e. The predicted molar refractivity (Wildman–Crippen MR) is 106 cm³/mol. The average Bonchev–Trinajstić information content (AvgIpc) is 2.66. The molecule has 142 valence electrons. The summed E-state index contributed by atoms with van der Waals surface area (Å²) < 4.78 is 11.2. The van der Waals surface area contributed by atoms with E-state index in [2.05, 4.69) is 30.3 Å². The fourth-order valence-corrected chi connectivity index (χ4v) is 4.57. The molecule has 1 saturated carbocycles. The molecule has 0 atom stereocenters. The topological polar surface area (TPSA) is 38.8 Å². The van der Waals surface area contributed by atoms with Gasteiger partial charge in [0.25, 0.3) is 5.91 Å². The Labute approximate surface area is 161 Å². The second-order valence-corrected chi connectivity index (χ2v) is 7.99. The summed E-state index contributed by atoms with van der Waals surface area (Å²) >= 11 is 0. The zero-order chi connectivity index (χ0) is 19.0. The molecular formula is C23H27NO3. The summed E-state index contributed by atoms with van der Waals surface area (Å²) in [7, 11) is 1.60. The van der Waals surface area contributed by atoms with Crippen molar-refractivity contribution >= 4 is 5.91 Å². The van der Waals surface area contributed by atoms with Crippen LogP contribution in [0.5, 0.6) is 11.5 Å². The Kier molecular flexibility index (Phi) is 4.58. The first kappa shape index (κ1) is 17.9. The van der Waals surface area contributed by atoms with Gasteiger partial charge in [-0.25, -0.2) is 0 Å². The Hall–Kier alpha value is -2.49. The first-order valence-corrected chi connectivity index (χ1v) is 9.73. The molecule has 2 aliphatic heterocycles. The van der Waals surface area contributed by atoms with Crippen molar-refractivity contribution in [2.24, 2.45) is 0 Å². The number of carbonyl (C=O) groups is 1. The number of ether oxygens (including phenoxy) is 2. The molecule has 1 aliphatic carbocycles. The molecule has 3 aliphatic rings. The maximum absolute atomic E-state index is 13.2. The second kappa shape index (κ2) is 6.91. The van der Waals surface area contributed by atoms with Crippen molar-refractivity contribution in [1.29, 1.82) is 0 Å². The van der Waals surface area contributed by atoms with Gasteiger partial charge in [0, 0.05) is 24.1 Å². The summed E-state index contributed by atoms with van der Waals surface area (Å²) in [5.74, 6) is 1.37. The van der Waals surface area contributed by atoms with Gasteiger partial charge in [0.1, 0.15) is 11.5 Å². The molecule has 0 radical (unpaired) electrons. The summed E-state index contributed by atoms with van der Waals surface area (Å²) in [5, 5.41) is 0. The van der Waals surface area contributed by atoms with E-state index in [1.54, 1.807) is 7.11 Å². The fourth-order valence-electron chi connectivity index (χ4n) is 4.57. The van der Waals surface area contributed by atoms with E-state index < -0.39 is 0 Å². The van der Waals surface area contributed by atoms with Gasteiger partial charge < -0.3 is 14.4 Å². The number of methoxy groups -OCH3 is 1.